The number of ketones is 1. The lowest BCUT2D eigenvalue weighted by molar-refractivity contribution is -0.161. The molecule has 140 valence electrons. The van der Waals surface area contributed by atoms with Gasteiger partial charge in [0.05, 0.1) is 12.5 Å². The van der Waals surface area contributed by atoms with Gasteiger partial charge in [0, 0.05) is 37.9 Å². The Hall–Kier alpha value is -2.46. The third-order valence-corrected chi connectivity index (χ3v) is 6.25. The molecule has 1 heterocycles. The van der Waals surface area contributed by atoms with Gasteiger partial charge in [0.15, 0.2) is 0 Å². The van der Waals surface area contributed by atoms with Crippen LogP contribution in [-0.4, -0.2) is 36.9 Å². The number of esters is 1. The molecule has 1 saturated heterocycles. The van der Waals surface area contributed by atoms with E-state index in [9.17, 15) is 9.59 Å². The molecule has 2 aromatic carbocycles. The third kappa shape index (κ3) is 3.08. The average molecular weight is 363 g/mol. The first kappa shape index (κ1) is 17.9. The highest BCUT2D eigenvalue weighted by Crippen LogP contribution is 2.54. The molecule has 1 saturated carbocycles. The van der Waals surface area contributed by atoms with E-state index in [-0.39, 0.29) is 23.6 Å². The Balaban J connectivity index is 1.72. The van der Waals surface area contributed by atoms with E-state index in [4.69, 9.17) is 4.74 Å². The van der Waals surface area contributed by atoms with Crippen LogP contribution in [0.1, 0.15) is 29.9 Å². The minimum absolute atomic E-state index is 0.00891. The van der Waals surface area contributed by atoms with E-state index >= 15 is 0 Å². The fourth-order valence-corrected chi connectivity index (χ4v) is 5.08. The van der Waals surface area contributed by atoms with Crippen LogP contribution in [0.25, 0.3) is 0 Å². The van der Waals surface area contributed by atoms with Crippen molar-refractivity contribution in [3.63, 3.8) is 0 Å². The number of carbonyl (C=O) groups excluding carboxylic acids is 2. The molecule has 2 aromatic rings. The van der Waals surface area contributed by atoms with E-state index in [1.807, 2.05) is 36.4 Å². The van der Waals surface area contributed by atoms with Crippen LogP contribution in [0.2, 0.25) is 0 Å². The summed E-state index contributed by atoms with van der Waals surface area (Å²) in [4.78, 5) is 28.2. The van der Waals surface area contributed by atoms with Gasteiger partial charge in [-0.1, -0.05) is 60.7 Å². The maximum absolute atomic E-state index is 13.1. The first-order valence-corrected chi connectivity index (χ1v) is 9.57. The number of methoxy groups -OCH3 is 1. The van der Waals surface area contributed by atoms with Crippen LogP contribution in [0.5, 0.6) is 0 Å². The fourth-order valence-electron chi connectivity index (χ4n) is 5.08. The van der Waals surface area contributed by atoms with E-state index in [0.717, 1.165) is 12.1 Å². The first-order valence-electron chi connectivity index (χ1n) is 9.57. The van der Waals surface area contributed by atoms with Crippen molar-refractivity contribution in [2.45, 2.75) is 25.3 Å². The maximum atomic E-state index is 13.1. The van der Waals surface area contributed by atoms with Crippen molar-refractivity contribution in [1.29, 1.82) is 0 Å². The second kappa shape index (κ2) is 7.28. The number of likely N-dealkylation sites (tertiary alicyclic amines) is 1. The van der Waals surface area contributed by atoms with Gasteiger partial charge in [-0.25, -0.2) is 0 Å². The van der Waals surface area contributed by atoms with Crippen LogP contribution >= 0.6 is 0 Å². The number of carbonyl (C=O) groups is 2. The zero-order chi connectivity index (χ0) is 18.9. The molecule has 1 unspecified atom stereocenters. The monoisotopic (exact) mass is 363 g/mol. The lowest BCUT2D eigenvalue weighted by Crippen LogP contribution is -2.50. The summed E-state index contributed by atoms with van der Waals surface area (Å²) in [6, 6.07) is 20.3. The molecule has 4 heteroatoms. The number of hydrogen-bond donors (Lipinski definition) is 0. The number of nitrogens with zero attached hydrogens (tertiary/aromatic N) is 1. The number of hydrogen-bond acceptors (Lipinski definition) is 4. The molecule has 0 radical (unpaired) electrons. The molecule has 0 spiro atoms. The molecule has 0 amide bonds. The number of fused-ring (bicyclic) bond motifs is 1. The number of benzene rings is 2. The van der Waals surface area contributed by atoms with Crippen molar-refractivity contribution in [2.24, 2.45) is 11.3 Å². The molecule has 0 N–H and O–H groups in total. The van der Waals surface area contributed by atoms with Crippen molar-refractivity contribution in [3.8, 4) is 0 Å². The Morgan fingerprint density at radius 1 is 1.07 bits per heavy atom. The van der Waals surface area contributed by atoms with Crippen LogP contribution < -0.4 is 0 Å². The predicted molar refractivity (Wildman–Crippen MR) is 103 cm³/mol. The van der Waals surface area contributed by atoms with E-state index in [0.29, 0.717) is 25.9 Å². The van der Waals surface area contributed by atoms with Crippen LogP contribution in [0, 0.1) is 11.3 Å². The summed E-state index contributed by atoms with van der Waals surface area (Å²) in [5.41, 5.74) is 1.53. The SMILES string of the molecule is COC(=O)[C@]12CN(Cc3ccccc3)C[C@H]1C(=O)CCC2c1ccccc1. The lowest BCUT2D eigenvalue weighted by atomic mass is 9.59. The highest BCUT2D eigenvalue weighted by atomic mass is 16.5. The molecule has 1 aliphatic carbocycles. The van der Waals surface area contributed by atoms with Crippen molar-refractivity contribution in [1.82, 2.24) is 4.90 Å². The van der Waals surface area contributed by atoms with Gasteiger partial charge in [0.2, 0.25) is 0 Å². The predicted octanol–water partition coefficient (Wildman–Crippen LogP) is 3.42. The molecule has 0 aromatic heterocycles. The van der Waals surface area contributed by atoms with E-state index in [1.165, 1.54) is 12.7 Å². The number of ether oxygens (including phenoxy) is 1. The first-order chi connectivity index (χ1) is 13.1. The van der Waals surface area contributed by atoms with E-state index in [2.05, 4.69) is 29.2 Å². The van der Waals surface area contributed by atoms with Crippen LogP contribution in [0.15, 0.2) is 60.7 Å². The van der Waals surface area contributed by atoms with Crippen molar-refractivity contribution >= 4 is 11.8 Å². The summed E-state index contributed by atoms with van der Waals surface area (Å²) in [5.74, 6) is -0.338. The molecule has 4 rings (SSSR count). The Labute approximate surface area is 160 Å². The van der Waals surface area contributed by atoms with E-state index < -0.39 is 5.41 Å². The molecular formula is C23H25NO3. The van der Waals surface area contributed by atoms with Crippen molar-refractivity contribution < 1.29 is 14.3 Å². The van der Waals surface area contributed by atoms with Gasteiger partial charge in [-0.2, -0.15) is 0 Å². The number of Topliss-reactive ketones (excluding diaryl/α,β-unsaturated/α-hetero) is 1. The van der Waals surface area contributed by atoms with Gasteiger partial charge in [0.1, 0.15) is 5.78 Å². The molecule has 0 bridgehead atoms. The van der Waals surface area contributed by atoms with Gasteiger partial charge in [-0.3, -0.25) is 14.5 Å². The Kier molecular flexibility index (Phi) is 4.83. The smallest absolute Gasteiger partial charge is 0.314 e. The molecule has 3 atom stereocenters. The Morgan fingerprint density at radius 2 is 1.74 bits per heavy atom. The van der Waals surface area contributed by atoms with Crippen LogP contribution in [0.3, 0.4) is 0 Å². The normalized spacial score (nSPS) is 28.0. The highest BCUT2D eigenvalue weighted by molar-refractivity contribution is 5.92. The quantitative estimate of drug-likeness (QED) is 0.781. The largest absolute Gasteiger partial charge is 0.469 e. The second-order valence-electron chi connectivity index (χ2n) is 7.71. The van der Waals surface area contributed by atoms with Gasteiger partial charge in [-0.15, -0.1) is 0 Å². The fraction of sp³-hybridized carbons (Fsp3) is 0.391. The Bertz CT molecular complexity index is 820. The topological polar surface area (TPSA) is 46.6 Å². The standard InChI is InChI=1S/C23H25NO3/c1-27-22(26)23-16-24(14-17-8-4-2-5-9-17)15-20(23)21(25)13-12-19(23)18-10-6-3-7-11-18/h2-11,19-20H,12-16H2,1H3/t19?,20-,23-/m0/s1. The summed E-state index contributed by atoms with van der Waals surface area (Å²) in [5, 5.41) is 0. The lowest BCUT2D eigenvalue weighted by Gasteiger charge is -2.42. The Morgan fingerprint density at radius 3 is 2.41 bits per heavy atom. The molecule has 2 fully saturated rings. The summed E-state index contributed by atoms with van der Waals surface area (Å²) in [6.07, 6.45) is 1.23. The minimum atomic E-state index is -0.791. The molecular weight excluding hydrogens is 338 g/mol. The molecule has 27 heavy (non-hydrogen) atoms. The molecule has 4 nitrogen and oxygen atoms in total. The summed E-state index contributed by atoms with van der Waals surface area (Å²) < 4.78 is 5.28. The second-order valence-corrected chi connectivity index (χ2v) is 7.71. The minimum Gasteiger partial charge on any atom is -0.469 e. The zero-order valence-corrected chi connectivity index (χ0v) is 15.6. The zero-order valence-electron chi connectivity index (χ0n) is 15.6. The average Bonchev–Trinajstić information content (AvgIpc) is 3.10. The molecule has 1 aliphatic heterocycles. The highest BCUT2D eigenvalue weighted by Gasteiger charge is 2.62. The van der Waals surface area contributed by atoms with E-state index in [1.54, 1.807) is 0 Å². The van der Waals surface area contributed by atoms with Crippen LogP contribution in [-0.2, 0) is 20.9 Å². The maximum Gasteiger partial charge on any atom is 0.314 e. The van der Waals surface area contributed by atoms with Gasteiger partial charge < -0.3 is 4.74 Å². The van der Waals surface area contributed by atoms with Crippen molar-refractivity contribution in [3.05, 3.63) is 71.8 Å². The third-order valence-electron chi connectivity index (χ3n) is 6.25. The van der Waals surface area contributed by atoms with Gasteiger partial charge in [-0.05, 0) is 17.5 Å². The molecule has 2 aliphatic rings. The summed E-state index contributed by atoms with van der Waals surface area (Å²) >= 11 is 0. The summed E-state index contributed by atoms with van der Waals surface area (Å²) in [7, 11) is 1.44. The van der Waals surface area contributed by atoms with Crippen molar-refractivity contribution in [2.75, 3.05) is 20.2 Å². The number of rotatable bonds is 4. The van der Waals surface area contributed by atoms with Crippen LogP contribution in [0.4, 0.5) is 0 Å². The van der Waals surface area contributed by atoms with Gasteiger partial charge in [0.25, 0.3) is 0 Å². The van der Waals surface area contributed by atoms with Gasteiger partial charge >= 0.3 is 5.97 Å². The summed E-state index contributed by atoms with van der Waals surface area (Å²) in [6.45, 7) is 1.92.